The summed E-state index contributed by atoms with van der Waals surface area (Å²) in [5, 5.41) is 2.97. The van der Waals surface area contributed by atoms with E-state index in [0.29, 0.717) is 5.75 Å². The number of hydrogen-bond acceptors (Lipinski definition) is 3. The van der Waals surface area contributed by atoms with E-state index < -0.39 is 5.54 Å². The van der Waals surface area contributed by atoms with Crippen LogP contribution in [0, 0.1) is 5.92 Å². The molecule has 1 aromatic carbocycles. The standard InChI is InChI=1S/C17H22N2O3/c1-12-7-5-6-10-17(12)15(20)19(16(21)18-17)11-13-8-3-4-9-14(13)22-2/h3-4,8-9,12H,5-7,10-11H2,1-2H3,(H,18,21)/t12-,17+/m0/s1. The van der Waals surface area contributed by atoms with E-state index in [1.54, 1.807) is 7.11 Å². The lowest BCUT2D eigenvalue weighted by Crippen LogP contribution is -2.53. The Morgan fingerprint density at radius 1 is 1.32 bits per heavy atom. The number of rotatable bonds is 3. The van der Waals surface area contributed by atoms with Gasteiger partial charge >= 0.3 is 6.03 Å². The minimum Gasteiger partial charge on any atom is -0.496 e. The fourth-order valence-corrected chi connectivity index (χ4v) is 3.64. The number of carbonyl (C=O) groups excluding carboxylic acids is 2. The Kier molecular flexibility index (Phi) is 3.81. The average molecular weight is 302 g/mol. The number of benzene rings is 1. The molecule has 1 heterocycles. The third-order valence-electron chi connectivity index (χ3n) is 5.02. The molecule has 1 aliphatic carbocycles. The minimum absolute atomic E-state index is 0.0874. The van der Waals surface area contributed by atoms with E-state index in [1.807, 2.05) is 24.3 Å². The van der Waals surface area contributed by atoms with E-state index in [-0.39, 0.29) is 24.4 Å². The Hall–Kier alpha value is -2.04. The van der Waals surface area contributed by atoms with Crippen LogP contribution in [0.2, 0.25) is 0 Å². The molecule has 1 spiro atoms. The zero-order valence-corrected chi connectivity index (χ0v) is 13.1. The van der Waals surface area contributed by atoms with E-state index in [9.17, 15) is 9.59 Å². The van der Waals surface area contributed by atoms with E-state index in [4.69, 9.17) is 4.74 Å². The average Bonchev–Trinajstić information content (AvgIpc) is 2.76. The number of methoxy groups -OCH3 is 1. The fraction of sp³-hybridized carbons (Fsp3) is 0.529. The summed E-state index contributed by atoms with van der Waals surface area (Å²) < 4.78 is 5.31. The molecule has 1 saturated carbocycles. The van der Waals surface area contributed by atoms with Crippen molar-refractivity contribution in [3.8, 4) is 5.75 Å². The van der Waals surface area contributed by atoms with Crippen LogP contribution in [0.3, 0.4) is 0 Å². The molecule has 5 nitrogen and oxygen atoms in total. The predicted octanol–water partition coefficient (Wildman–Crippen LogP) is 2.70. The maximum absolute atomic E-state index is 12.9. The van der Waals surface area contributed by atoms with Crippen LogP contribution < -0.4 is 10.1 Å². The van der Waals surface area contributed by atoms with Gasteiger partial charge in [-0.25, -0.2) is 4.79 Å². The number of urea groups is 1. The first kappa shape index (κ1) is 14.9. The second-order valence-electron chi connectivity index (χ2n) is 6.25. The van der Waals surface area contributed by atoms with Crippen LogP contribution in [-0.2, 0) is 11.3 Å². The molecule has 3 rings (SSSR count). The van der Waals surface area contributed by atoms with Crippen molar-refractivity contribution in [1.29, 1.82) is 0 Å². The van der Waals surface area contributed by atoms with Crippen molar-refractivity contribution in [2.24, 2.45) is 5.92 Å². The monoisotopic (exact) mass is 302 g/mol. The number of carbonyl (C=O) groups is 2. The van der Waals surface area contributed by atoms with Gasteiger partial charge in [0.2, 0.25) is 0 Å². The van der Waals surface area contributed by atoms with Crippen molar-refractivity contribution < 1.29 is 14.3 Å². The van der Waals surface area contributed by atoms with E-state index in [0.717, 1.165) is 31.2 Å². The van der Waals surface area contributed by atoms with Crippen molar-refractivity contribution in [3.05, 3.63) is 29.8 Å². The molecule has 2 atom stereocenters. The topological polar surface area (TPSA) is 58.6 Å². The first-order valence-electron chi connectivity index (χ1n) is 7.84. The van der Waals surface area contributed by atoms with Crippen LogP contribution in [0.5, 0.6) is 5.75 Å². The van der Waals surface area contributed by atoms with Gasteiger partial charge in [-0.1, -0.05) is 38.0 Å². The molecule has 0 aromatic heterocycles. The SMILES string of the molecule is COc1ccccc1CN1C(=O)N[C@@]2(CCCC[C@@H]2C)C1=O. The lowest BCUT2D eigenvalue weighted by molar-refractivity contribution is -0.134. The van der Waals surface area contributed by atoms with Gasteiger partial charge < -0.3 is 10.1 Å². The number of imide groups is 1. The fourth-order valence-electron chi connectivity index (χ4n) is 3.64. The molecule has 1 N–H and O–H groups in total. The molecule has 0 bridgehead atoms. The van der Waals surface area contributed by atoms with Gasteiger partial charge in [-0.2, -0.15) is 0 Å². The maximum atomic E-state index is 12.9. The van der Waals surface area contributed by atoms with Gasteiger partial charge in [0.05, 0.1) is 13.7 Å². The Morgan fingerprint density at radius 2 is 2.09 bits per heavy atom. The van der Waals surface area contributed by atoms with Crippen molar-refractivity contribution in [2.45, 2.75) is 44.7 Å². The van der Waals surface area contributed by atoms with Gasteiger partial charge in [-0.15, -0.1) is 0 Å². The zero-order valence-electron chi connectivity index (χ0n) is 13.1. The summed E-state index contributed by atoms with van der Waals surface area (Å²) in [7, 11) is 1.59. The molecule has 1 aliphatic heterocycles. The Balaban J connectivity index is 1.86. The van der Waals surface area contributed by atoms with Crippen LogP contribution in [0.1, 0.15) is 38.2 Å². The zero-order chi connectivity index (χ0) is 15.7. The molecule has 1 saturated heterocycles. The highest BCUT2D eigenvalue weighted by Gasteiger charge is 2.54. The summed E-state index contributed by atoms with van der Waals surface area (Å²) in [5.74, 6) is 0.789. The highest BCUT2D eigenvalue weighted by molar-refractivity contribution is 6.07. The summed E-state index contributed by atoms with van der Waals surface area (Å²) in [6, 6.07) is 7.19. The quantitative estimate of drug-likeness (QED) is 0.873. The largest absolute Gasteiger partial charge is 0.496 e. The Morgan fingerprint density at radius 3 is 2.82 bits per heavy atom. The minimum atomic E-state index is -0.697. The smallest absolute Gasteiger partial charge is 0.325 e. The lowest BCUT2D eigenvalue weighted by Gasteiger charge is -2.36. The first-order valence-corrected chi connectivity index (χ1v) is 7.84. The Bertz CT molecular complexity index is 601. The van der Waals surface area contributed by atoms with Gasteiger partial charge in [-0.3, -0.25) is 9.69 Å². The summed E-state index contributed by atoms with van der Waals surface area (Å²) in [6.07, 6.45) is 3.83. The van der Waals surface area contributed by atoms with Crippen molar-refractivity contribution in [2.75, 3.05) is 7.11 Å². The third kappa shape index (κ3) is 2.25. The highest BCUT2D eigenvalue weighted by Crippen LogP contribution is 2.38. The number of ether oxygens (including phenoxy) is 1. The normalized spacial score (nSPS) is 28.1. The molecular weight excluding hydrogens is 280 g/mol. The number of amides is 3. The van der Waals surface area contributed by atoms with Crippen LogP contribution in [0.15, 0.2) is 24.3 Å². The summed E-state index contributed by atoms with van der Waals surface area (Å²) in [6.45, 7) is 2.31. The molecule has 2 aliphatic rings. The van der Waals surface area contributed by atoms with Crippen LogP contribution in [0.4, 0.5) is 4.79 Å². The Labute approximate surface area is 130 Å². The van der Waals surface area contributed by atoms with Gasteiger partial charge in [-0.05, 0) is 24.8 Å². The number of para-hydroxylation sites is 1. The molecule has 2 fully saturated rings. The molecule has 3 amide bonds. The van der Waals surface area contributed by atoms with Gasteiger partial charge in [0.25, 0.3) is 5.91 Å². The summed E-state index contributed by atoms with van der Waals surface area (Å²) >= 11 is 0. The highest BCUT2D eigenvalue weighted by atomic mass is 16.5. The van der Waals surface area contributed by atoms with E-state index in [1.165, 1.54) is 4.90 Å². The maximum Gasteiger partial charge on any atom is 0.325 e. The molecule has 5 heteroatoms. The molecule has 0 radical (unpaired) electrons. The lowest BCUT2D eigenvalue weighted by atomic mass is 9.73. The second kappa shape index (κ2) is 5.63. The number of nitrogens with one attached hydrogen (secondary N) is 1. The molecular formula is C17H22N2O3. The summed E-state index contributed by atoms with van der Waals surface area (Å²) in [4.78, 5) is 26.6. The van der Waals surface area contributed by atoms with Gasteiger partial charge in [0.1, 0.15) is 11.3 Å². The van der Waals surface area contributed by atoms with Gasteiger partial charge in [0.15, 0.2) is 0 Å². The third-order valence-corrected chi connectivity index (χ3v) is 5.02. The summed E-state index contributed by atoms with van der Waals surface area (Å²) in [5.41, 5.74) is 0.145. The van der Waals surface area contributed by atoms with E-state index >= 15 is 0 Å². The van der Waals surface area contributed by atoms with Crippen LogP contribution in [0.25, 0.3) is 0 Å². The molecule has 118 valence electrons. The predicted molar refractivity (Wildman–Crippen MR) is 82.4 cm³/mol. The van der Waals surface area contributed by atoms with Crippen LogP contribution in [-0.4, -0.2) is 29.5 Å². The van der Waals surface area contributed by atoms with Gasteiger partial charge in [0, 0.05) is 5.56 Å². The number of hydrogen-bond donors (Lipinski definition) is 1. The molecule has 1 aromatic rings. The molecule has 22 heavy (non-hydrogen) atoms. The van der Waals surface area contributed by atoms with E-state index in [2.05, 4.69) is 12.2 Å². The van der Waals surface area contributed by atoms with Crippen molar-refractivity contribution in [1.82, 2.24) is 10.2 Å². The van der Waals surface area contributed by atoms with Crippen molar-refractivity contribution in [3.63, 3.8) is 0 Å². The van der Waals surface area contributed by atoms with Crippen LogP contribution >= 0.6 is 0 Å². The first-order chi connectivity index (χ1) is 10.6. The van der Waals surface area contributed by atoms with Crippen molar-refractivity contribution >= 4 is 11.9 Å². The second-order valence-corrected chi connectivity index (χ2v) is 6.25. The molecule has 0 unspecified atom stereocenters. The number of nitrogens with zero attached hydrogens (tertiary/aromatic N) is 1.